The summed E-state index contributed by atoms with van der Waals surface area (Å²) >= 11 is 6.07. The Morgan fingerprint density at radius 3 is 2.71 bits per heavy atom. The van der Waals surface area contributed by atoms with E-state index in [0.29, 0.717) is 42.9 Å². The van der Waals surface area contributed by atoms with Crippen molar-refractivity contribution in [2.24, 2.45) is 0 Å². The van der Waals surface area contributed by atoms with Crippen LogP contribution in [0.5, 0.6) is 11.6 Å². The summed E-state index contributed by atoms with van der Waals surface area (Å²) in [5.41, 5.74) is 2.25. The van der Waals surface area contributed by atoms with Crippen molar-refractivity contribution in [3.8, 4) is 29.7 Å². The SMILES string of the molecule is C#CCOCC(O)CN(CCOC)Cc1c(C)nn(-c2ccc(Cl)cc2)c1Oc1cccc(F)c1. The van der Waals surface area contributed by atoms with Gasteiger partial charge in [0.1, 0.15) is 18.2 Å². The number of halogens is 2. The minimum absolute atomic E-state index is 0.114. The van der Waals surface area contributed by atoms with Crippen LogP contribution in [-0.4, -0.2) is 65.9 Å². The third kappa shape index (κ3) is 7.79. The summed E-state index contributed by atoms with van der Waals surface area (Å²) in [6.07, 6.45) is 4.46. The zero-order valence-corrected chi connectivity index (χ0v) is 20.5. The zero-order chi connectivity index (χ0) is 25.2. The minimum atomic E-state index is -0.751. The number of aliphatic hydroxyl groups is 1. The lowest BCUT2D eigenvalue weighted by Crippen LogP contribution is -2.36. The van der Waals surface area contributed by atoms with Crippen molar-refractivity contribution in [2.45, 2.75) is 19.6 Å². The van der Waals surface area contributed by atoms with Crippen LogP contribution in [0.4, 0.5) is 4.39 Å². The Labute approximate surface area is 210 Å². The number of aryl methyl sites for hydroxylation is 1. The van der Waals surface area contributed by atoms with Gasteiger partial charge in [-0.05, 0) is 43.3 Å². The summed E-state index contributed by atoms with van der Waals surface area (Å²) in [7, 11) is 1.62. The number of rotatable bonds is 13. The molecule has 1 unspecified atom stereocenters. The molecular formula is C26H29ClFN3O4. The highest BCUT2D eigenvalue weighted by atomic mass is 35.5. The molecule has 0 aliphatic rings. The van der Waals surface area contributed by atoms with E-state index in [0.717, 1.165) is 16.9 Å². The second kappa shape index (κ2) is 13.2. The highest BCUT2D eigenvalue weighted by Crippen LogP contribution is 2.32. The average molecular weight is 502 g/mol. The van der Waals surface area contributed by atoms with Crippen LogP contribution in [0.3, 0.4) is 0 Å². The maximum atomic E-state index is 13.9. The number of aliphatic hydroxyl groups excluding tert-OH is 1. The first-order valence-electron chi connectivity index (χ1n) is 11.1. The normalized spacial score (nSPS) is 12.0. The van der Waals surface area contributed by atoms with Crippen LogP contribution in [0, 0.1) is 25.1 Å². The fourth-order valence-corrected chi connectivity index (χ4v) is 3.63. The summed E-state index contributed by atoms with van der Waals surface area (Å²) in [6.45, 7) is 3.85. The van der Waals surface area contributed by atoms with E-state index in [1.807, 2.05) is 24.0 Å². The number of ether oxygens (including phenoxy) is 3. The molecule has 1 atom stereocenters. The van der Waals surface area contributed by atoms with Gasteiger partial charge in [-0.2, -0.15) is 5.10 Å². The topological polar surface area (TPSA) is 69.0 Å². The molecule has 0 aliphatic heterocycles. The van der Waals surface area contributed by atoms with Gasteiger partial charge in [-0.25, -0.2) is 9.07 Å². The van der Waals surface area contributed by atoms with Crippen LogP contribution >= 0.6 is 11.6 Å². The highest BCUT2D eigenvalue weighted by Gasteiger charge is 2.23. The first-order chi connectivity index (χ1) is 16.9. The van der Waals surface area contributed by atoms with Crippen LogP contribution < -0.4 is 4.74 Å². The van der Waals surface area contributed by atoms with Gasteiger partial charge in [0, 0.05) is 37.8 Å². The zero-order valence-electron chi connectivity index (χ0n) is 19.8. The average Bonchev–Trinajstić information content (AvgIpc) is 3.13. The molecule has 0 spiro atoms. The predicted molar refractivity (Wildman–Crippen MR) is 133 cm³/mol. The smallest absolute Gasteiger partial charge is 0.227 e. The van der Waals surface area contributed by atoms with Crippen LogP contribution in [0.15, 0.2) is 48.5 Å². The molecule has 0 amide bonds. The fourth-order valence-electron chi connectivity index (χ4n) is 3.51. The molecule has 3 rings (SSSR count). The third-order valence-corrected chi connectivity index (χ3v) is 5.43. The van der Waals surface area contributed by atoms with E-state index in [-0.39, 0.29) is 13.2 Å². The first-order valence-corrected chi connectivity index (χ1v) is 11.5. The number of hydrogen-bond acceptors (Lipinski definition) is 6. The van der Waals surface area contributed by atoms with Crippen molar-refractivity contribution >= 4 is 11.6 Å². The molecule has 0 saturated carbocycles. The quantitative estimate of drug-likeness (QED) is 0.279. The van der Waals surface area contributed by atoms with Gasteiger partial charge in [-0.15, -0.1) is 6.42 Å². The molecule has 7 nitrogen and oxygen atoms in total. The fraction of sp³-hybridized carbons (Fsp3) is 0.346. The van der Waals surface area contributed by atoms with E-state index in [1.165, 1.54) is 12.1 Å². The van der Waals surface area contributed by atoms with Gasteiger partial charge >= 0.3 is 0 Å². The van der Waals surface area contributed by atoms with Gasteiger partial charge in [-0.1, -0.05) is 23.6 Å². The number of benzene rings is 2. The van der Waals surface area contributed by atoms with Crippen molar-refractivity contribution in [1.29, 1.82) is 0 Å². The van der Waals surface area contributed by atoms with Crippen molar-refractivity contribution in [3.05, 3.63) is 70.6 Å². The van der Waals surface area contributed by atoms with E-state index in [2.05, 4.69) is 11.0 Å². The Bertz CT molecular complexity index is 1130. The standard InChI is InChI=1S/C26H29ClFN3O4/c1-4-13-34-18-23(32)16-30(12-14-33-3)17-25-19(2)29-31(22-10-8-20(27)9-11-22)26(25)35-24-7-5-6-21(28)15-24/h1,5-11,15,23,32H,12-14,16-18H2,2-3H3. The molecule has 0 aliphatic carbocycles. The number of nitrogens with zero attached hydrogens (tertiary/aromatic N) is 3. The molecule has 2 aromatic carbocycles. The Hall–Kier alpha value is -2.93. The molecule has 1 aromatic heterocycles. The molecular weight excluding hydrogens is 473 g/mol. The lowest BCUT2D eigenvalue weighted by Gasteiger charge is -2.25. The van der Waals surface area contributed by atoms with E-state index in [4.69, 9.17) is 32.2 Å². The van der Waals surface area contributed by atoms with Gasteiger partial charge in [0.05, 0.1) is 36.3 Å². The second-order valence-corrected chi connectivity index (χ2v) is 8.35. The van der Waals surface area contributed by atoms with Gasteiger partial charge < -0.3 is 19.3 Å². The number of methoxy groups -OCH3 is 1. The van der Waals surface area contributed by atoms with E-state index >= 15 is 0 Å². The van der Waals surface area contributed by atoms with Gasteiger partial charge in [-0.3, -0.25) is 4.90 Å². The van der Waals surface area contributed by atoms with Crippen molar-refractivity contribution in [3.63, 3.8) is 0 Å². The van der Waals surface area contributed by atoms with Crippen LogP contribution in [0.25, 0.3) is 5.69 Å². The molecule has 0 fully saturated rings. The van der Waals surface area contributed by atoms with Crippen LogP contribution in [-0.2, 0) is 16.0 Å². The summed E-state index contributed by atoms with van der Waals surface area (Å²) in [5.74, 6) is 2.76. The number of hydrogen-bond donors (Lipinski definition) is 1. The first kappa shape index (κ1) is 26.7. The minimum Gasteiger partial charge on any atom is -0.438 e. The Morgan fingerprint density at radius 2 is 2.03 bits per heavy atom. The monoisotopic (exact) mass is 501 g/mol. The lowest BCUT2D eigenvalue weighted by molar-refractivity contribution is 0.0206. The molecule has 186 valence electrons. The van der Waals surface area contributed by atoms with Crippen molar-refractivity contribution in [2.75, 3.05) is 40.0 Å². The molecule has 0 saturated heterocycles. The molecule has 0 radical (unpaired) electrons. The molecule has 3 aromatic rings. The third-order valence-electron chi connectivity index (χ3n) is 5.18. The maximum absolute atomic E-state index is 13.9. The van der Waals surface area contributed by atoms with Crippen molar-refractivity contribution in [1.82, 2.24) is 14.7 Å². The Kier molecular flexibility index (Phi) is 10.1. The van der Waals surface area contributed by atoms with Gasteiger partial charge in [0.15, 0.2) is 0 Å². The predicted octanol–water partition coefficient (Wildman–Crippen LogP) is 4.22. The largest absolute Gasteiger partial charge is 0.438 e. The highest BCUT2D eigenvalue weighted by molar-refractivity contribution is 6.30. The number of aromatic nitrogens is 2. The van der Waals surface area contributed by atoms with E-state index in [1.54, 1.807) is 36.1 Å². The molecule has 9 heteroatoms. The lowest BCUT2D eigenvalue weighted by atomic mass is 10.2. The van der Waals surface area contributed by atoms with Crippen molar-refractivity contribution < 1.29 is 23.7 Å². The second-order valence-electron chi connectivity index (χ2n) is 7.92. The molecule has 0 bridgehead atoms. The van der Waals surface area contributed by atoms with Gasteiger partial charge in [0.25, 0.3) is 0 Å². The summed E-state index contributed by atoms with van der Waals surface area (Å²) in [6, 6.07) is 13.1. The van der Waals surface area contributed by atoms with Gasteiger partial charge in [0.2, 0.25) is 5.88 Å². The number of terminal acetylenes is 1. The Morgan fingerprint density at radius 1 is 1.26 bits per heavy atom. The summed E-state index contributed by atoms with van der Waals surface area (Å²) in [4.78, 5) is 2.02. The van der Waals surface area contributed by atoms with E-state index in [9.17, 15) is 9.50 Å². The Balaban J connectivity index is 1.94. The van der Waals surface area contributed by atoms with Crippen LogP contribution in [0.2, 0.25) is 5.02 Å². The van der Waals surface area contributed by atoms with Crippen LogP contribution in [0.1, 0.15) is 11.3 Å². The molecule has 1 heterocycles. The molecule has 35 heavy (non-hydrogen) atoms. The summed E-state index contributed by atoms with van der Waals surface area (Å²) in [5, 5.41) is 15.7. The summed E-state index contributed by atoms with van der Waals surface area (Å²) < 4.78 is 32.2. The molecule has 1 N–H and O–H groups in total. The van der Waals surface area contributed by atoms with E-state index < -0.39 is 11.9 Å². The maximum Gasteiger partial charge on any atom is 0.227 e.